The van der Waals surface area contributed by atoms with Gasteiger partial charge in [0, 0.05) is 7.05 Å². The number of aryl methyl sites for hydroxylation is 1. The lowest BCUT2D eigenvalue weighted by Crippen LogP contribution is -2.19. The molecule has 0 bridgehead atoms. The van der Waals surface area contributed by atoms with Gasteiger partial charge in [0.05, 0.1) is 12.3 Å². The van der Waals surface area contributed by atoms with Crippen LogP contribution in [0.4, 0.5) is 0 Å². The fourth-order valence-electron chi connectivity index (χ4n) is 1.26. The first-order valence-corrected chi connectivity index (χ1v) is 3.98. The zero-order chi connectivity index (χ0) is 10.1. The van der Waals surface area contributed by atoms with E-state index in [2.05, 4.69) is 10.1 Å². The third-order valence-corrected chi connectivity index (χ3v) is 1.96. The summed E-state index contributed by atoms with van der Waals surface area (Å²) < 4.78 is 2.78. The first-order chi connectivity index (χ1) is 6.74. The molecule has 0 amide bonds. The Morgan fingerprint density at radius 2 is 2.43 bits per heavy atom. The summed E-state index contributed by atoms with van der Waals surface area (Å²) in [5.41, 5.74) is 0.300. The second-order valence-corrected chi connectivity index (χ2v) is 2.84. The molecule has 2 aromatic rings. The molecule has 0 spiro atoms. The van der Waals surface area contributed by atoms with Crippen molar-refractivity contribution < 1.29 is 0 Å². The molecule has 0 atom stereocenters. The Labute approximate surface area is 79.0 Å². The van der Waals surface area contributed by atoms with Crippen LogP contribution in [-0.2, 0) is 13.6 Å². The maximum atomic E-state index is 11.7. The fourth-order valence-corrected chi connectivity index (χ4v) is 1.26. The van der Waals surface area contributed by atoms with E-state index in [1.165, 1.54) is 21.8 Å². The van der Waals surface area contributed by atoms with Crippen molar-refractivity contribution in [3.05, 3.63) is 22.9 Å². The number of aromatic nitrogens is 4. The van der Waals surface area contributed by atoms with E-state index in [0.717, 1.165) is 0 Å². The van der Waals surface area contributed by atoms with E-state index >= 15 is 0 Å². The summed E-state index contributed by atoms with van der Waals surface area (Å²) in [6.07, 6.45) is 2.81. The molecule has 0 N–H and O–H groups in total. The van der Waals surface area contributed by atoms with Crippen molar-refractivity contribution in [1.82, 2.24) is 19.3 Å². The molecular weight excluding hydrogens is 182 g/mol. The lowest BCUT2D eigenvalue weighted by atomic mass is 10.4. The molecule has 0 unspecified atom stereocenters. The van der Waals surface area contributed by atoms with E-state index in [-0.39, 0.29) is 12.1 Å². The molecule has 2 rings (SSSR count). The van der Waals surface area contributed by atoms with E-state index in [1.807, 2.05) is 6.07 Å². The van der Waals surface area contributed by atoms with Gasteiger partial charge in [-0.2, -0.15) is 10.4 Å². The Morgan fingerprint density at radius 3 is 3.14 bits per heavy atom. The van der Waals surface area contributed by atoms with Crippen LogP contribution in [0.15, 0.2) is 17.3 Å². The van der Waals surface area contributed by atoms with Crippen molar-refractivity contribution in [2.24, 2.45) is 7.05 Å². The van der Waals surface area contributed by atoms with Crippen molar-refractivity contribution >= 4 is 11.0 Å². The van der Waals surface area contributed by atoms with Crippen LogP contribution in [0.3, 0.4) is 0 Å². The minimum atomic E-state index is -0.232. The van der Waals surface area contributed by atoms with Crippen molar-refractivity contribution in [3.8, 4) is 6.07 Å². The molecule has 6 heteroatoms. The van der Waals surface area contributed by atoms with Gasteiger partial charge in [0.2, 0.25) is 0 Å². The first-order valence-electron chi connectivity index (χ1n) is 3.98. The van der Waals surface area contributed by atoms with Crippen LogP contribution in [-0.4, -0.2) is 19.3 Å². The highest BCUT2D eigenvalue weighted by molar-refractivity contribution is 5.72. The van der Waals surface area contributed by atoms with Crippen molar-refractivity contribution in [2.45, 2.75) is 6.54 Å². The Morgan fingerprint density at radius 1 is 1.64 bits per heavy atom. The van der Waals surface area contributed by atoms with Crippen molar-refractivity contribution in [3.63, 3.8) is 0 Å². The second-order valence-electron chi connectivity index (χ2n) is 2.84. The molecule has 0 aliphatic rings. The summed E-state index contributed by atoms with van der Waals surface area (Å²) in [6, 6.07) is 1.89. The second kappa shape index (κ2) is 2.96. The van der Waals surface area contributed by atoms with Gasteiger partial charge in [-0.15, -0.1) is 0 Å². The lowest BCUT2D eigenvalue weighted by molar-refractivity contribution is 0.756. The van der Waals surface area contributed by atoms with Crippen LogP contribution >= 0.6 is 0 Å². The standard InChI is InChI=1S/C8H7N5O/c1-12-7-6(4-11-12)8(14)13(3-2-9)5-10-7/h4-5H,3H2,1H3. The summed E-state index contributed by atoms with van der Waals surface area (Å²) in [4.78, 5) is 15.7. The molecule has 6 nitrogen and oxygen atoms in total. The molecule has 0 saturated heterocycles. The quantitative estimate of drug-likeness (QED) is 0.614. The minimum Gasteiger partial charge on any atom is -0.285 e. The first kappa shape index (κ1) is 8.44. The van der Waals surface area contributed by atoms with Gasteiger partial charge in [-0.1, -0.05) is 0 Å². The van der Waals surface area contributed by atoms with E-state index in [9.17, 15) is 4.79 Å². The maximum absolute atomic E-state index is 11.7. The summed E-state index contributed by atoms with van der Waals surface area (Å²) in [5.74, 6) is 0. The zero-order valence-corrected chi connectivity index (χ0v) is 7.51. The molecule has 0 aromatic carbocycles. The molecule has 2 heterocycles. The van der Waals surface area contributed by atoms with Crippen LogP contribution in [0.2, 0.25) is 0 Å². The number of nitriles is 1. The van der Waals surface area contributed by atoms with Crippen molar-refractivity contribution in [1.29, 1.82) is 5.26 Å². The van der Waals surface area contributed by atoms with Gasteiger partial charge in [-0.3, -0.25) is 14.0 Å². The molecule has 14 heavy (non-hydrogen) atoms. The van der Waals surface area contributed by atoms with E-state index in [0.29, 0.717) is 11.0 Å². The van der Waals surface area contributed by atoms with Gasteiger partial charge in [0.1, 0.15) is 18.3 Å². The Bertz CT molecular complexity index is 573. The molecule has 0 aliphatic heterocycles. The highest BCUT2D eigenvalue weighted by Gasteiger charge is 2.06. The smallest absolute Gasteiger partial charge is 0.265 e. The van der Waals surface area contributed by atoms with Gasteiger partial charge in [-0.25, -0.2) is 4.98 Å². The molecule has 70 valence electrons. The monoisotopic (exact) mass is 189 g/mol. The molecular formula is C8H7N5O. The van der Waals surface area contributed by atoms with E-state index in [4.69, 9.17) is 5.26 Å². The number of nitrogens with zero attached hydrogens (tertiary/aromatic N) is 5. The SMILES string of the molecule is Cn1ncc2c(=O)n(CC#N)cnc21. The third kappa shape index (κ3) is 1.07. The number of hydrogen-bond donors (Lipinski definition) is 0. The number of fused-ring (bicyclic) bond motifs is 1. The third-order valence-electron chi connectivity index (χ3n) is 1.96. The highest BCUT2D eigenvalue weighted by Crippen LogP contribution is 2.02. The lowest BCUT2D eigenvalue weighted by Gasteiger charge is -1.98. The topological polar surface area (TPSA) is 76.5 Å². The molecule has 0 saturated carbocycles. The Kier molecular flexibility index (Phi) is 1.78. The Hall–Kier alpha value is -2.16. The van der Waals surface area contributed by atoms with Gasteiger partial charge in [-0.05, 0) is 0 Å². The zero-order valence-electron chi connectivity index (χ0n) is 7.51. The molecule has 0 aliphatic carbocycles. The van der Waals surface area contributed by atoms with Crippen molar-refractivity contribution in [2.75, 3.05) is 0 Å². The van der Waals surface area contributed by atoms with Gasteiger partial charge in [0.15, 0.2) is 5.65 Å². The fraction of sp³-hybridized carbons (Fsp3) is 0.250. The molecule has 2 aromatic heterocycles. The minimum absolute atomic E-state index is 0.0106. The van der Waals surface area contributed by atoms with Crippen LogP contribution in [0.1, 0.15) is 0 Å². The van der Waals surface area contributed by atoms with Crippen LogP contribution in [0.5, 0.6) is 0 Å². The summed E-state index contributed by atoms with van der Waals surface area (Å²) in [5, 5.41) is 12.8. The van der Waals surface area contributed by atoms with Gasteiger partial charge in [0.25, 0.3) is 5.56 Å². The molecule has 0 radical (unpaired) electrons. The van der Waals surface area contributed by atoms with Gasteiger partial charge < -0.3 is 0 Å². The summed E-state index contributed by atoms with van der Waals surface area (Å²) in [7, 11) is 1.71. The predicted molar refractivity (Wildman–Crippen MR) is 48.4 cm³/mol. The molecule has 0 fully saturated rings. The normalized spacial score (nSPS) is 10.3. The average Bonchev–Trinajstić information content (AvgIpc) is 2.54. The average molecular weight is 189 g/mol. The van der Waals surface area contributed by atoms with Gasteiger partial charge >= 0.3 is 0 Å². The van der Waals surface area contributed by atoms with Crippen LogP contribution in [0.25, 0.3) is 11.0 Å². The van der Waals surface area contributed by atoms with E-state index < -0.39 is 0 Å². The Balaban J connectivity index is 2.78. The summed E-state index contributed by atoms with van der Waals surface area (Å²) >= 11 is 0. The highest BCUT2D eigenvalue weighted by atomic mass is 16.1. The maximum Gasteiger partial charge on any atom is 0.265 e. The number of rotatable bonds is 1. The van der Waals surface area contributed by atoms with Crippen LogP contribution < -0.4 is 5.56 Å². The summed E-state index contributed by atoms with van der Waals surface area (Å²) in [6.45, 7) is 0.0106. The number of hydrogen-bond acceptors (Lipinski definition) is 4. The largest absolute Gasteiger partial charge is 0.285 e. The predicted octanol–water partition coefficient (Wildman–Crippen LogP) is -0.346. The van der Waals surface area contributed by atoms with Crippen LogP contribution in [0, 0.1) is 11.3 Å². The van der Waals surface area contributed by atoms with E-state index in [1.54, 1.807) is 7.05 Å².